The Kier molecular flexibility index (Phi) is 3.47. The number of carbonyl (C=O) groups is 2. The summed E-state index contributed by atoms with van der Waals surface area (Å²) in [7, 11) is 0. The predicted molar refractivity (Wildman–Crippen MR) is 83.5 cm³/mol. The first-order valence-electron chi connectivity index (χ1n) is 8.28. The van der Waals surface area contributed by atoms with Crippen LogP contribution in [0.4, 0.5) is 0 Å². The van der Waals surface area contributed by atoms with Gasteiger partial charge in [0.15, 0.2) is 0 Å². The molecule has 4 nitrogen and oxygen atoms in total. The third-order valence-electron chi connectivity index (χ3n) is 5.69. The first-order chi connectivity index (χ1) is 11.2. The summed E-state index contributed by atoms with van der Waals surface area (Å²) in [6, 6.07) is 8.98. The molecule has 3 saturated carbocycles. The van der Waals surface area contributed by atoms with E-state index < -0.39 is 0 Å². The van der Waals surface area contributed by atoms with Gasteiger partial charge in [-0.25, -0.2) is 4.79 Å². The topological polar surface area (TPSA) is 52.6 Å². The normalized spacial score (nSPS) is 37.3. The van der Waals surface area contributed by atoms with Crippen LogP contribution in [0.5, 0.6) is 0 Å². The Bertz CT molecular complexity index is 638. The van der Waals surface area contributed by atoms with Gasteiger partial charge in [-0.2, -0.15) is 0 Å². The van der Waals surface area contributed by atoms with E-state index in [1.165, 1.54) is 0 Å². The van der Waals surface area contributed by atoms with E-state index in [0.29, 0.717) is 5.56 Å². The lowest BCUT2D eigenvalue weighted by Gasteiger charge is -2.48. The number of rotatable bonds is 4. The monoisotopic (exact) mass is 312 g/mol. The summed E-state index contributed by atoms with van der Waals surface area (Å²) in [6.07, 6.45) is 4.02. The summed E-state index contributed by atoms with van der Waals surface area (Å²) in [5, 5.41) is 0. The van der Waals surface area contributed by atoms with Crippen LogP contribution in [0.1, 0.15) is 29.6 Å². The first kappa shape index (κ1) is 14.5. The van der Waals surface area contributed by atoms with Crippen molar-refractivity contribution in [1.82, 2.24) is 0 Å². The zero-order chi connectivity index (χ0) is 16.0. The van der Waals surface area contributed by atoms with Gasteiger partial charge in [-0.15, -0.1) is 6.58 Å². The minimum atomic E-state index is -0.333. The number of benzene rings is 1. The lowest BCUT2D eigenvalue weighted by atomic mass is 9.56. The van der Waals surface area contributed by atoms with Crippen LogP contribution in [0.2, 0.25) is 0 Å². The number of esters is 2. The molecule has 1 heterocycles. The Hall–Kier alpha value is -2.10. The molecule has 6 atom stereocenters. The van der Waals surface area contributed by atoms with Gasteiger partial charge in [0.25, 0.3) is 0 Å². The van der Waals surface area contributed by atoms with Crippen LogP contribution in [-0.2, 0) is 14.3 Å². The van der Waals surface area contributed by atoms with Crippen molar-refractivity contribution >= 4 is 11.9 Å². The summed E-state index contributed by atoms with van der Waals surface area (Å²) >= 11 is 0. The van der Waals surface area contributed by atoms with Crippen LogP contribution in [0.3, 0.4) is 0 Å². The third kappa shape index (κ3) is 2.19. The Labute approximate surface area is 135 Å². The highest BCUT2D eigenvalue weighted by atomic mass is 16.6. The van der Waals surface area contributed by atoms with Crippen LogP contribution in [-0.4, -0.2) is 24.1 Å². The summed E-state index contributed by atoms with van der Waals surface area (Å²) in [4.78, 5) is 24.7. The fourth-order valence-corrected chi connectivity index (χ4v) is 4.78. The molecule has 4 fully saturated rings. The van der Waals surface area contributed by atoms with Crippen molar-refractivity contribution in [2.45, 2.75) is 31.5 Å². The Morgan fingerprint density at radius 2 is 2.00 bits per heavy atom. The molecule has 120 valence electrons. The zero-order valence-corrected chi connectivity index (χ0v) is 12.9. The highest BCUT2D eigenvalue weighted by Gasteiger charge is 2.63. The van der Waals surface area contributed by atoms with Gasteiger partial charge in [-0.05, 0) is 37.3 Å². The summed E-state index contributed by atoms with van der Waals surface area (Å²) < 4.78 is 11.4. The Morgan fingerprint density at radius 3 is 2.74 bits per heavy atom. The van der Waals surface area contributed by atoms with Crippen LogP contribution < -0.4 is 0 Å². The second kappa shape index (κ2) is 5.52. The number of hydrogen-bond donors (Lipinski definition) is 0. The maximum Gasteiger partial charge on any atom is 0.338 e. The van der Waals surface area contributed by atoms with Gasteiger partial charge in [0.1, 0.15) is 12.2 Å². The third-order valence-corrected chi connectivity index (χ3v) is 5.69. The fourth-order valence-electron chi connectivity index (χ4n) is 4.78. The molecular weight excluding hydrogens is 292 g/mol. The molecule has 3 aliphatic carbocycles. The summed E-state index contributed by atoms with van der Waals surface area (Å²) in [6.45, 7) is 3.82. The Morgan fingerprint density at radius 1 is 1.26 bits per heavy atom. The number of hydrogen-bond acceptors (Lipinski definition) is 4. The lowest BCUT2D eigenvalue weighted by molar-refractivity contribution is -0.147. The number of allylic oxidation sites excluding steroid dienone is 1. The van der Waals surface area contributed by atoms with Crippen molar-refractivity contribution < 1.29 is 19.1 Å². The predicted octanol–water partition coefficient (Wildman–Crippen LogP) is 2.99. The van der Waals surface area contributed by atoms with Crippen molar-refractivity contribution in [1.29, 1.82) is 0 Å². The van der Waals surface area contributed by atoms with Gasteiger partial charge >= 0.3 is 11.9 Å². The lowest BCUT2D eigenvalue weighted by Crippen LogP contribution is -2.54. The van der Waals surface area contributed by atoms with Gasteiger partial charge in [0.05, 0.1) is 11.5 Å². The number of fused-ring (bicyclic) bond motifs is 1. The molecule has 1 saturated heterocycles. The first-order valence-corrected chi connectivity index (χ1v) is 8.28. The van der Waals surface area contributed by atoms with E-state index in [1.807, 2.05) is 24.3 Å². The minimum Gasteiger partial charge on any atom is -0.458 e. The Balaban J connectivity index is 1.60. The summed E-state index contributed by atoms with van der Waals surface area (Å²) in [5.74, 6) is 0.0717. The minimum absolute atomic E-state index is 0.0385. The van der Waals surface area contributed by atoms with Crippen LogP contribution in [0, 0.1) is 23.7 Å². The van der Waals surface area contributed by atoms with E-state index in [9.17, 15) is 9.59 Å². The number of carbonyl (C=O) groups excluding carboxylic acids is 2. The highest BCUT2D eigenvalue weighted by Crippen LogP contribution is 2.56. The van der Waals surface area contributed by atoms with E-state index in [4.69, 9.17) is 9.47 Å². The van der Waals surface area contributed by atoms with Crippen molar-refractivity contribution in [3.05, 3.63) is 48.6 Å². The van der Waals surface area contributed by atoms with E-state index in [-0.39, 0.29) is 47.8 Å². The van der Waals surface area contributed by atoms with Crippen molar-refractivity contribution in [2.75, 3.05) is 0 Å². The molecule has 4 aliphatic rings. The molecule has 5 rings (SSSR count). The second-order valence-electron chi connectivity index (χ2n) is 6.76. The highest BCUT2D eigenvalue weighted by molar-refractivity contribution is 5.89. The molecule has 0 aromatic heterocycles. The van der Waals surface area contributed by atoms with Gasteiger partial charge in [0, 0.05) is 11.8 Å². The maximum atomic E-state index is 12.4. The van der Waals surface area contributed by atoms with E-state index in [0.717, 1.165) is 19.3 Å². The standard InChI is InChI=1S/C19H20O4/c1-2-6-12-13-9-10-14-15(12)19(21)23-17(14)16(13)22-18(20)11-7-4-3-5-8-11/h2-5,7-8,12-17H,1,6,9-10H2/t12-,13-,14+,15+,16-,17+/m1/s1. The molecule has 4 heteroatoms. The molecule has 1 aromatic rings. The van der Waals surface area contributed by atoms with E-state index in [2.05, 4.69) is 6.58 Å². The quantitative estimate of drug-likeness (QED) is 0.633. The SMILES string of the molecule is C=CC[C@@H]1[C@H]2CC[C@@H]3[C@H](OC(=O)[C@@H]13)[C@@H]2OC(=O)c1ccccc1. The molecule has 0 N–H and O–H groups in total. The molecule has 0 unspecified atom stereocenters. The summed E-state index contributed by atoms with van der Waals surface area (Å²) in [5.41, 5.74) is 0.537. The zero-order valence-electron chi connectivity index (χ0n) is 12.9. The molecule has 1 aliphatic heterocycles. The van der Waals surface area contributed by atoms with Gasteiger partial charge in [0.2, 0.25) is 0 Å². The van der Waals surface area contributed by atoms with Crippen molar-refractivity contribution in [3.63, 3.8) is 0 Å². The van der Waals surface area contributed by atoms with Gasteiger partial charge < -0.3 is 9.47 Å². The van der Waals surface area contributed by atoms with E-state index >= 15 is 0 Å². The number of ether oxygens (including phenoxy) is 2. The molecule has 1 aromatic carbocycles. The average molecular weight is 312 g/mol. The van der Waals surface area contributed by atoms with Gasteiger partial charge in [-0.3, -0.25) is 4.79 Å². The second-order valence-corrected chi connectivity index (χ2v) is 6.76. The molecule has 0 amide bonds. The van der Waals surface area contributed by atoms with Crippen LogP contribution >= 0.6 is 0 Å². The molecule has 0 spiro atoms. The molecular formula is C19H20O4. The smallest absolute Gasteiger partial charge is 0.338 e. The van der Waals surface area contributed by atoms with Crippen LogP contribution in [0.15, 0.2) is 43.0 Å². The van der Waals surface area contributed by atoms with E-state index in [1.54, 1.807) is 12.1 Å². The molecule has 0 radical (unpaired) electrons. The molecule has 4 bridgehead atoms. The maximum absolute atomic E-state index is 12.4. The van der Waals surface area contributed by atoms with Crippen molar-refractivity contribution in [3.8, 4) is 0 Å². The fraction of sp³-hybridized carbons (Fsp3) is 0.474. The van der Waals surface area contributed by atoms with Crippen LogP contribution in [0.25, 0.3) is 0 Å². The van der Waals surface area contributed by atoms with Crippen molar-refractivity contribution in [2.24, 2.45) is 23.7 Å². The molecule has 23 heavy (non-hydrogen) atoms. The average Bonchev–Trinajstić information content (AvgIpc) is 2.88. The largest absolute Gasteiger partial charge is 0.458 e. The van der Waals surface area contributed by atoms with Gasteiger partial charge in [-0.1, -0.05) is 24.3 Å².